The van der Waals surface area contributed by atoms with E-state index in [-0.39, 0.29) is 17.4 Å². The van der Waals surface area contributed by atoms with Crippen LogP contribution in [0.25, 0.3) is 0 Å². The van der Waals surface area contributed by atoms with Gasteiger partial charge in [-0.25, -0.2) is 0 Å². The fourth-order valence-corrected chi connectivity index (χ4v) is 1.97. The van der Waals surface area contributed by atoms with Gasteiger partial charge in [0.1, 0.15) is 0 Å². The number of hydrogen-bond donors (Lipinski definition) is 1. The minimum atomic E-state index is 0.0969. The molecule has 0 aromatic heterocycles. The molecule has 1 N–H and O–H groups in total. The fraction of sp³-hybridized carbons (Fsp3) is 0.900. The van der Waals surface area contributed by atoms with Gasteiger partial charge in [0.25, 0.3) is 0 Å². The fourth-order valence-electron chi connectivity index (χ4n) is 1.97. The van der Waals surface area contributed by atoms with Crippen molar-refractivity contribution in [2.45, 2.75) is 38.1 Å². The van der Waals surface area contributed by atoms with Crippen molar-refractivity contribution in [1.82, 2.24) is 5.32 Å². The minimum Gasteiger partial charge on any atom is -0.381 e. The summed E-state index contributed by atoms with van der Waals surface area (Å²) in [5.74, 6) is 0.303. The Bertz CT molecular complexity index is 205. The van der Waals surface area contributed by atoms with Crippen LogP contribution >= 0.6 is 0 Å². The van der Waals surface area contributed by atoms with Gasteiger partial charge in [0.15, 0.2) is 0 Å². The molecule has 2 aliphatic rings. The maximum absolute atomic E-state index is 11.7. The Labute approximate surface area is 78.8 Å². The maximum Gasteiger partial charge on any atom is 0.225 e. The predicted octanol–water partition coefficient (Wildman–Crippen LogP) is 1.08. The Morgan fingerprint density at radius 1 is 1.54 bits per heavy atom. The summed E-state index contributed by atoms with van der Waals surface area (Å²) in [5, 5.41) is 3.12. The topological polar surface area (TPSA) is 38.3 Å². The summed E-state index contributed by atoms with van der Waals surface area (Å²) in [6.45, 7) is 3.49. The Morgan fingerprint density at radius 3 is 2.77 bits per heavy atom. The zero-order chi connectivity index (χ0) is 9.31. The second-order valence-corrected chi connectivity index (χ2v) is 4.46. The van der Waals surface area contributed by atoms with Crippen LogP contribution in [0.1, 0.15) is 32.6 Å². The highest BCUT2D eigenvalue weighted by molar-refractivity contribution is 5.79. The summed E-state index contributed by atoms with van der Waals surface area (Å²) in [6.07, 6.45) is 4.40. The molecular weight excluding hydrogens is 166 g/mol. The van der Waals surface area contributed by atoms with Gasteiger partial charge < -0.3 is 10.1 Å². The van der Waals surface area contributed by atoms with Crippen LogP contribution in [0.4, 0.5) is 0 Å². The smallest absolute Gasteiger partial charge is 0.225 e. The van der Waals surface area contributed by atoms with E-state index in [4.69, 9.17) is 4.74 Å². The summed E-state index contributed by atoms with van der Waals surface area (Å²) in [7, 11) is 0. The average molecular weight is 183 g/mol. The van der Waals surface area contributed by atoms with Crippen molar-refractivity contribution in [2.75, 3.05) is 13.2 Å². The van der Waals surface area contributed by atoms with E-state index >= 15 is 0 Å². The quantitative estimate of drug-likeness (QED) is 0.695. The number of nitrogens with one attached hydrogen (secondary N) is 1. The first-order valence-electron chi connectivity index (χ1n) is 5.09. The van der Waals surface area contributed by atoms with Gasteiger partial charge in [0.2, 0.25) is 5.91 Å². The van der Waals surface area contributed by atoms with Crippen molar-refractivity contribution in [3.05, 3.63) is 0 Å². The molecule has 0 radical (unpaired) electrons. The molecule has 1 amide bonds. The molecule has 0 aromatic carbocycles. The first-order valence-corrected chi connectivity index (χ1v) is 5.09. The molecule has 1 saturated carbocycles. The zero-order valence-corrected chi connectivity index (χ0v) is 8.14. The van der Waals surface area contributed by atoms with E-state index in [1.165, 1.54) is 6.42 Å². The minimum absolute atomic E-state index is 0.0969. The molecule has 2 fully saturated rings. The number of amides is 1. The van der Waals surface area contributed by atoms with Crippen LogP contribution in [-0.4, -0.2) is 24.7 Å². The van der Waals surface area contributed by atoms with E-state index in [9.17, 15) is 4.79 Å². The average Bonchev–Trinajstić information content (AvgIpc) is 2.53. The van der Waals surface area contributed by atoms with Gasteiger partial charge in [-0.1, -0.05) is 0 Å². The molecule has 3 nitrogen and oxygen atoms in total. The second-order valence-electron chi connectivity index (χ2n) is 4.46. The van der Waals surface area contributed by atoms with E-state index in [1.54, 1.807) is 0 Å². The van der Waals surface area contributed by atoms with E-state index < -0.39 is 0 Å². The van der Waals surface area contributed by atoms with Crippen molar-refractivity contribution >= 4 is 5.91 Å². The highest BCUT2D eigenvalue weighted by Crippen LogP contribution is 2.31. The molecule has 1 unspecified atom stereocenters. The normalized spacial score (nSPS) is 31.0. The largest absolute Gasteiger partial charge is 0.381 e. The number of carbonyl (C=O) groups is 1. The molecule has 1 saturated heterocycles. The number of carbonyl (C=O) groups excluding carboxylic acids is 1. The molecule has 1 aliphatic heterocycles. The number of hydrogen-bond acceptors (Lipinski definition) is 2. The summed E-state index contributed by atoms with van der Waals surface area (Å²) in [5.41, 5.74) is 0.0969. The monoisotopic (exact) mass is 183 g/mol. The lowest BCUT2D eigenvalue weighted by molar-refractivity contribution is -0.127. The zero-order valence-electron chi connectivity index (χ0n) is 8.14. The molecule has 0 aromatic rings. The lowest BCUT2D eigenvalue weighted by Crippen LogP contribution is -2.52. The van der Waals surface area contributed by atoms with E-state index in [0.29, 0.717) is 6.61 Å². The van der Waals surface area contributed by atoms with Crippen molar-refractivity contribution in [3.63, 3.8) is 0 Å². The SMILES string of the molecule is CC1(NC(=O)C2CCOC2)CCC1. The molecule has 0 spiro atoms. The molecule has 13 heavy (non-hydrogen) atoms. The van der Waals surface area contributed by atoms with Crippen LogP contribution in [-0.2, 0) is 9.53 Å². The summed E-state index contributed by atoms with van der Waals surface area (Å²) in [6, 6.07) is 0. The molecule has 0 bridgehead atoms. The van der Waals surface area contributed by atoms with E-state index in [1.807, 2.05) is 0 Å². The summed E-state index contributed by atoms with van der Waals surface area (Å²) >= 11 is 0. The van der Waals surface area contributed by atoms with Gasteiger partial charge in [0, 0.05) is 12.1 Å². The summed E-state index contributed by atoms with van der Waals surface area (Å²) < 4.78 is 5.18. The Kier molecular flexibility index (Phi) is 2.28. The van der Waals surface area contributed by atoms with E-state index in [0.717, 1.165) is 25.9 Å². The second kappa shape index (κ2) is 3.29. The third-order valence-electron chi connectivity index (χ3n) is 3.18. The molecule has 74 valence electrons. The molecular formula is C10H17NO2. The Hall–Kier alpha value is -0.570. The third kappa shape index (κ3) is 1.85. The summed E-state index contributed by atoms with van der Waals surface area (Å²) in [4.78, 5) is 11.7. The van der Waals surface area contributed by atoms with Crippen LogP contribution in [0.5, 0.6) is 0 Å². The standard InChI is InChI=1S/C10H17NO2/c1-10(4-2-5-10)11-9(12)8-3-6-13-7-8/h8H,2-7H2,1H3,(H,11,12). The molecule has 1 atom stereocenters. The Balaban J connectivity index is 1.83. The molecule has 1 aliphatic carbocycles. The van der Waals surface area contributed by atoms with Crippen LogP contribution in [0, 0.1) is 5.92 Å². The van der Waals surface area contributed by atoms with Crippen molar-refractivity contribution < 1.29 is 9.53 Å². The van der Waals surface area contributed by atoms with Crippen LogP contribution in [0.15, 0.2) is 0 Å². The molecule has 2 rings (SSSR count). The van der Waals surface area contributed by atoms with Crippen LogP contribution in [0.2, 0.25) is 0 Å². The van der Waals surface area contributed by atoms with Crippen molar-refractivity contribution in [3.8, 4) is 0 Å². The number of ether oxygens (including phenoxy) is 1. The van der Waals surface area contributed by atoms with Gasteiger partial charge in [-0.05, 0) is 32.6 Å². The van der Waals surface area contributed by atoms with Gasteiger partial charge in [-0.2, -0.15) is 0 Å². The predicted molar refractivity (Wildman–Crippen MR) is 49.3 cm³/mol. The van der Waals surface area contributed by atoms with Crippen LogP contribution < -0.4 is 5.32 Å². The van der Waals surface area contributed by atoms with Gasteiger partial charge in [0.05, 0.1) is 12.5 Å². The first kappa shape index (κ1) is 9.00. The lowest BCUT2D eigenvalue weighted by atomic mass is 9.78. The lowest BCUT2D eigenvalue weighted by Gasteiger charge is -2.39. The van der Waals surface area contributed by atoms with Crippen molar-refractivity contribution in [1.29, 1.82) is 0 Å². The van der Waals surface area contributed by atoms with Crippen molar-refractivity contribution in [2.24, 2.45) is 5.92 Å². The van der Waals surface area contributed by atoms with Gasteiger partial charge in [-0.3, -0.25) is 4.79 Å². The van der Waals surface area contributed by atoms with Gasteiger partial charge >= 0.3 is 0 Å². The highest BCUT2D eigenvalue weighted by atomic mass is 16.5. The van der Waals surface area contributed by atoms with E-state index in [2.05, 4.69) is 12.2 Å². The number of rotatable bonds is 2. The van der Waals surface area contributed by atoms with Crippen LogP contribution in [0.3, 0.4) is 0 Å². The Morgan fingerprint density at radius 2 is 2.31 bits per heavy atom. The third-order valence-corrected chi connectivity index (χ3v) is 3.18. The maximum atomic E-state index is 11.7. The first-order chi connectivity index (χ1) is 6.20. The van der Waals surface area contributed by atoms with Gasteiger partial charge in [-0.15, -0.1) is 0 Å². The molecule has 3 heteroatoms. The molecule has 1 heterocycles. The highest BCUT2D eigenvalue weighted by Gasteiger charge is 2.35.